The summed E-state index contributed by atoms with van der Waals surface area (Å²) in [7, 11) is 0. The van der Waals surface area contributed by atoms with Crippen molar-refractivity contribution in [2.75, 3.05) is 19.6 Å². The number of fused-ring (bicyclic) bond motifs is 1. The van der Waals surface area contributed by atoms with Gasteiger partial charge in [0, 0.05) is 24.9 Å². The first kappa shape index (κ1) is 17.2. The molecule has 2 aliphatic rings. The standard InChI is InChI=1S/C20H28N2O2/c23-19(18-8-7-16-5-1-2-6-17(16)12-18)9-10-20(24)22-14-15-4-3-11-21-13-15/h7-8,12,15,21H,1-6,9-11,13-14H2,(H,22,24). The molecule has 1 amide bonds. The average molecular weight is 328 g/mol. The summed E-state index contributed by atoms with van der Waals surface area (Å²) >= 11 is 0. The highest BCUT2D eigenvalue weighted by Crippen LogP contribution is 2.23. The molecule has 3 rings (SSSR count). The molecule has 1 aromatic rings. The van der Waals surface area contributed by atoms with Crippen molar-refractivity contribution in [1.29, 1.82) is 0 Å². The van der Waals surface area contributed by atoms with Gasteiger partial charge in [0.2, 0.25) is 5.91 Å². The summed E-state index contributed by atoms with van der Waals surface area (Å²) < 4.78 is 0. The lowest BCUT2D eigenvalue weighted by atomic mass is 9.89. The van der Waals surface area contributed by atoms with Crippen molar-refractivity contribution < 1.29 is 9.59 Å². The molecule has 0 saturated carbocycles. The monoisotopic (exact) mass is 328 g/mol. The van der Waals surface area contributed by atoms with Gasteiger partial charge < -0.3 is 10.6 Å². The number of benzene rings is 1. The van der Waals surface area contributed by atoms with E-state index in [2.05, 4.69) is 16.7 Å². The molecule has 1 saturated heterocycles. The third-order valence-corrected chi connectivity index (χ3v) is 5.24. The molecule has 1 atom stereocenters. The van der Waals surface area contributed by atoms with Crippen LogP contribution in [-0.2, 0) is 17.6 Å². The Kier molecular flexibility index (Phi) is 6.02. The quantitative estimate of drug-likeness (QED) is 0.789. The van der Waals surface area contributed by atoms with E-state index >= 15 is 0 Å². The zero-order valence-corrected chi connectivity index (χ0v) is 14.4. The van der Waals surface area contributed by atoms with E-state index in [9.17, 15) is 9.59 Å². The maximum absolute atomic E-state index is 12.4. The number of ketones is 1. The molecule has 1 aliphatic heterocycles. The lowest BCUT2D eigenvalue weighted by Crippen LogP contribution is -2.38. The molecule has 0 spiro atoms. The van der Waals surface area contributed by atoms with Gasteiger partial charge in [-0.1, -0.05) is 12.1 Å². The highest BCUT2D eigenvalue weighted by molar-refractivity contribution is 5.98. The summed E-state index contributed by atoms with van der Waals surface area (Å²) in [5.41, 5.74) is 3.47. The fraction of sp³-hybridized carbons (Fsp3) is 0.600. The number of amides is 1. The Balaban J connectivity index is 1.43. The van der Waals surface area contributed by atoms with Gasteiger partial charge >= 0.3 is 0 Å². The predicted octanol–water partition coefficient (Wildman–Crippen LogP) is 2.64. The number of carbonyl (C=O) groups excluding carboxylic acids is 2. The lowest BCUT2D eigenvalue weighted by molar-refractivity contribution is -0.121. The van der Waals surface area contributed by atoms with Crippen LogP contribution in [0, 0.1) is 5.92 Å². The summed E-state index contributed by atoms with van der Waals surface area (Å²) in [4.78, 5) is 24.3. The van der Waals surface area contributed by atoms with Crippen LogP contribution >= 0.6 is 0 Å². The van der Waals surface area contributed by atoms with Gasteiger partial charge in [-0.05, 0) is 74.7 Å². The molecule has 1 heterocycles. The van der Waals surface area contributed by atoms with Gasteiger partial charge in [0.05, 0.1) is 0 Å². The first-order valence-corrected chi connectivity index (χ1v) is 9.35. The minimum Gasteiger partial charge on any atom is -0.356 e. The highest BCUT2D eigenvalue weighted by atomic mass is 16.2. The minimum absolute atomic E-state index is 0.00752. The maximum Gasteiger partial charge on any atom is 0.220 e. The Bertz CT molecular complexity index is 591. The van der Waals surface area contributed by atoms with Crippen LogP contribution in [0.15, 0.2) is 18.2 Å². The van der Waals surface area contributed by atoms with E-state index in [1.54, 1.807) is 0 Å². The van der Waals surface area contributed by atoms with Gasteiger partial charge in [0.25, 0.3) is 0 Å². The smallest absolute Gasteiger partial charge is 0.220 e. The Morgan fingerprint density at radius 2 is 1.92 bits per heavy atom. The number of hydrogen-bond acceptors (Lipinski definition) is 3. The zero-order valence-electron chi connectivity index (χ0n) is 14.4. The molecular formula is C20H28N2O2. The number of Topliss-reactive ketones (excluding diaryl/α,β-unsaturated/α-hetero) is 1. The molecule has 2 N–H and O–H groups in total. The highest BCUT2D eigenvalue weighted by Gasteiger charge is 2.16. The number of hydrogen-bond donors (Lipinski definition) is 2. The summed E-state index contributed by atoms with van der Waals surface area (Å²) in [5, 5.41) is 6.33. The minimum atomic E-state index is -0.00752. The molecule has 24 heavy (non-hydrogen) atoms. The topological polar surface area (TPSA) is 58.2 Å². The van der Waals surface area contributed by atoms with Gasteiger partial charge in [0.15, 0.2) is 5.78 Å². The van der Waals surface area contributed by atoms with Crippen LogP contribution in [0.3, 0.4) is 0 Å². The van der Waals surface area contributed by atoms with Crippen LogP contribution in [0.5, 0.6) is 0 Å². The van der Waals surface area contributed by atoms with E-state index in [4.69, 9.17) is 0 Å². The van der Waals surface area contributed by atoms with Crippen molar-refractivity contribution in [1.82, 2.24) is 10.6 Å². The summed E-state index contributed by atoms with van der Waals surface area (Å²) in [6.45, 7) is 2.78. The summed E-state index contributed by atoms with van der Waals surface area (Å²) in [6, 6.07) is 6.07. The third kappa shape index (κ3) is 4.67. The molecular weight excluding hydrogens is 300 g/mol. The van der Waals surface area contributed by atoms with Crippen LogP contribution in [0.1, 0.15) is 60.0 Å². The van der Waals surface area contributed by atoms with E-state index in [1.165, 1.54) is 36.8 Å². The fourth-order valence-corrected chi connectivity index (χ4v) is 3.72. The molecule has 130 valence electrons. The molecule has 4 heteroatoms. The van der Waals surface area contributed by atoms with Gasteiger partial charge in [-0.15, -0.1) is 0 Å². The molecule has 0 aromatic heterocycles. The number of piperidine rings is 1. The van der Waals surface area contributed by atoms with E-state index in [1.807, 2.05) is 12.1 Å². The lowest BCUT2D eigenvalue weighted by Gasteiger charge is -2.22. The van der Waals surface area contributed by atoms with Crippen molar-refractivity contribution in [3.63, 3.8) is 0 Å². The second-order valence-corrected chi connectivity index (χ2v) is 7.13. The van der Waals surface area contributed by atoms with Crippen molar-refractivity contribution >= 4 is 11.7 Å². The second kappa shape index (κ2) is 8.43. The maximum atomic E-state index is 12.4. The first-order chi connectivity index (χ1) is 11.7. The molecule has 4 nitrogen and oxygen atoms in total. The molecule has 0 radical (unpaired) electrons. The second-order valence-electron chi connectivity index (χ2n) is 7.13. The first-order valence-electron chi connectivity index (χ1n) is 9.35. The normalized spacial score (nSPS) is 20.2. The number of carbonyl (C=O) groups is 2. The van der Waals surface area contributed by atoms with E-state index in [0.717, 1.165) is 38.0 Å². The van der Waals surface area contributed by atoms with Crippen LogP contribution < -0.4 is 10.6 Å². The molecule has 1 fully saturated rings. The predicted molar refractivity (Wildman–Crippen MR) is 95.3 cm³/mol. The van der Waals surface area contributed by atoms with Crippen LogP contribution in [0.4, 0.5) is 0 Å². The Morgan fingerprint density at radius 1 is 1.08 bits per heavy atom. The number of aryl methyl sites for hydroxylation is 2. The molecule has 1 aliphatic carbocycles. The van der Waals surface area contributed by atoms with E-state index in [-0.39, 0.29) is 18.1 Å². The zero-order chi connectivity index (χ0) is 16.8. The van der Waals surface area contributed by atoms with Crippen molar-refractivity contribution in [2.45, 2.75) is 51.4 Å². The summed E-state index contributed by atoms with van der Waals surface area (Å²) in [6.07, 6.45) is 7.59. The van der Waals surface area contributed by atoms with Crippen LogP contribution in [0.25, 0.3) is 0 Å². The molecule has 0 bridgehead atoms. The Hall–Kier alpha value is -1.68. The van der Waals surface area contributed by atoms with Gasteiger partial charge in [-0.3, -0.25) is 9.59 Å². The van der Waals surface area contributed by atoms with Crippen molar-refractivity contribution in [3.05, 3.63) is 34.9 Å². The van der Waals surface area contributed by atoms with Gasteiger partial charge in [-0.2, -0.15) is 0 Å². The number of rotatable bonds is 6. The van der Waals surface area contributed by atoms with Crippen LogP contribution in [0.2, 0.25) is 0 Å². The number of nitrogens with one attached hydrogen (secondary N) is 2. The summed E-state index contributed by atoms with van der Waals surface area (Å²) in [5.74, 6) is 0.601. The third-order valence-electron chi connectivity index (χ3n) is 5.24. The van der Waals surface area contributed by atoms with Gasteiger partial charge in [0.1, 0.15) is 0 Å². The SMILES string of the molecule is O=C(CCC(=O)c1ccc2c(c1)CCCC2)NCC1CCCNC1. The van der Waals surface area contributed by atoms with E-state index in [0.29, 0.717) is 12.3 Å². The Labute approximate surface area is 144 Å². The Morgan fingerprint density at radius 3 is 2.71 bits per heavy atom. The molecule has 1 unspecified atom stereocenters. The van der Waals surface area contributed by atoms with E-state index < -0.39 is 0 Å². The fourth-order valence-electron chi connectivity index (χ4n) is 3.72. The van der Waals surface area contributed by atoms with Crippen LogP contribution in [-0.4, -0.2) is 31.3 Å². The van der Waals surface area contributed by atoms with Crippen molar-refractivity contribution in [2.24, 2.45) is 5.92 Å². The van der Waals surface area contributed by atoms with Crippen molar-refractivity contribution in [3.8, 4) is 0 Å². The largest absolute Gasteiger partial charge is 0.356 e. The molecule has 1 aromatic carbocycles. The van der Waals surface area contributed by atoms with Gasteiger partial charge in [-0.25, -0.2) is 0 Å². The average Bonchev–Trinajstić information content (AvgIpc) is 2.65.